The average molecular weight is 394 g/mol. The van der Waals surface area contributed by atoms with E-state index in [-0.39, 0.29) is 17.4 Å². The number of carbonyl (C=O) groups excluding carboxylic acids is 2. The third-order valence-electron chi connectivity index (χ3n) is 4.62. The molecule has 0 radical (unpaired) electrons. The molecule has 29 heavy (non-hydrogen) atoms. The molecule has 0 saturated heterocycles. The maximum atomic E-state index is 13.3. The Labute approximate surface area is 165 Å². The number of amides is 2. The van der Waals surface area contributed by atoms with Gasteiger partial charge in [0.05, 0.1) is 5.69 Å². The van der Waals surface area contributed by atoms with Crippen molar-refractivity contribution in [1.82, 2.24) is 14.9 Å². The Morgan fingerprint density at radius 1 is 1.00 bits per heavy atom. The predicted octanol–water partition coefficient (Wildman–Crippen LogP) is 3.21. The van der Waals surface area contributed by atoms with Crippen molar-refractivity contribution in [2.24, 2.45) is 0 Å². The van der Waals surface area contributed by atoms with E-state index in [1.807, 2.05) is 0 Å². The van der Waals surface area contributed by atoms with E-state index in [9.17, 15) is 18.4 Å². The van der Waals surface area contributed by atoms with Crippen molar-refractivity contribution in [3.8, 4) is 0 Å². The molecule has 146 valence electrons. The van der Waals surface area contributed by atoms with Gasteiger partial charge in [-0.1, -0.05) is 6.07 Å². The number of hydrogen-bond donors (Lipinski definition) is 1. The minimum Gasteiger partial charge on any atom is -0.334 e. The summed E-state index contributed by atoms with van der Waals surface area (Å²) in [6.07, 6.45) is 2.06. The fraction of sp³-hybridized carbons (Fsp3) is 0.143. The summed E-state index contributed by atoms with van der Waals surface area (Å²) in [6.45, 7) is 0.765. The van der Waals surface area contributed by atoms with E-state index < -0.39 is 17.5 Å². The van der Waals surface area contributed by atoms with E-state index in [0.717, 1.165) is 17.3 Å². The van der Waals surface area contributed by atoms with Gasteiger partial charge in [0.25, 0.3) is 11.8 Å². The first-order chi connectivity index (χ1) is 14.0. The molecule has 8 heteroatoms. The fourth-order valence-corrected chi connectivity index (χ4v) is 3.13. The van der Waals surface area contributed by atoms with E-state index in [1.54, 1.807) is 11.1 Å². The summed E-state index contributed by atoms with van der Waals surface area (Å²) in [5.41, 5.74) is 2.09. The summed E-state index contributed by atoms with van der Waals surface area (Å²) >= 11 is 0. The molecule has 1 aromatic heterocycles. The number of aromatic nitrogens is 2. The molecule has 0 spiro atoms. The molecule has 1 aliphatic heterocycles. The maximum absolute atomic E-state index is 13.3. The van der Waals surface area contributed by atoms with Crippen molar-refractivity contribution >= 4 is 17.8 Å². The van der Waals surface area contributed by atoms with Gasteiger partial charge in [-0.3, -0.25) is 14.9 Å². The molecule has 4 rings (SSSR count). The lowest BCUT2D eigenvalue weighted by Gasteiger charge is -2.28. The zero-order valence-corrected chi connectivity index (χ0v) is 15.2. The molecule has 0 aliphatic carbocycles. The van der Waals surface area contributed by atoms with Crippen LogP contribution >= 0.6 is 0 Å². The fourth-order valence-electron chi connectivity index (χ4n) is 3.13. The lowest BCUT2D eigenvalue weighted by molar-refractivity contribution is 0.0733. The van der Waals surface area contributed by atoms with Crippen molar-refractivity contribution in [2.75, 3.05) is 11.9 Å². The van der Waals surface area contributed by atoms with Gasteiger partial charge < -0.3 is 4.90 Å². The quantitative estimate of drug-likeness (QED) is 0.740. The van der Waals surface area contributed by atoms with Crippen LogP contribution in [0.3, 0.4) is 0 Å². The standard InChI is InChI=1S/C21H16F2N4O2/c22-16-6-4-13(5-7-16)20(29)27-9-8-18-15(12-27)11-24-21(25-18)26-19(28)14-2-1-3-17(23)10-14/h1-7,10-11H,8-9,12H2,(H,24,25,26,28). The number of rotatable bonds is 3. The lowest BCUT2D eigenvalue weighted by atomic mass is 10.1. The second-order valence-electron chi connectivity index (χ2n) is 6.61. The van der Waals surface area contributed by atoms with Crippen LogP contribution in [0.15, 0.2) is 54.7 Å². The first kappa shape index (κ1) is 18.7. The molecule has 6 nitrogen and oxygen atoms in total. The Hall–Kier alpha value is -3.68. The van der Waals surface area contributed by atoms with Crippen LogP contribution in [-0.2, 0) is 13.0 Å². The molecule has 0 atom stereocenters. The number of carbonyl (C=O) groups is 2. The van der Waals surface area contributed by atoms with Crippen molar-refractivity contribution < 1.29 is 18.4 Å². The molecule has 0 saturated carbocycles. The van der Waals surface area contributed by atoms with Crippen LogP contribution < -0.4 is 5.32 Å². The summed E-state index contributed by atoms with van der Waals surface area (Å²) in [5.74, 6) is -1.48. The molecule has 3 aromatic rings. The zero-order chi connectivity index (χ0) is 20.4. The van der Waals surface area contributed by atoms with E-state index >= 15 is 0 Å². The van der Waals surface area contributed by atoms with Crippen molar-refractivity contribution in [1.29, 1.82) is 0 Å². The Bertz CT molecular complexity index is 1090. The molecular weight excluding hydrogens is 378 g/mol. The van der Waals surface area contributed by atoms with E-state index in [2.05, 4.69) is 15.3 Å². The zero-order valence-electron chi connectivity index (χ0n) is 15.2. The summed E-state index contributed by atoms with van der Waals surface area (Å²) in [5, 5.41) is 2.56. The number of nitrogens with zero attached hydrogens (tertiary/aromatic N) is 3. The third kappa shape index (κ3) is 4.11. The Morgan fingerprint density at radius 3 is 2.55 bits per heavy atom. The molecule has 1 N–H and O–H groups in total. The molecule has 2 heterocycles. The molecule has 0 unspecified atom stereocenters. The minimum atomic E-state index is -0.506. The molecule has 0 bridgehead atoms. The van der Waals surface area contributed by atoms with Crippen LogP contribution in [0.25, 0.3) is 0 Å². The lowest BCUT2D eigenvalue weighted by Crippen LogP contribution is -2.36. The largest absolute Gasteiger partial charge is 0.334 e. The third-order valence-corrected chi connectivity index (χ3v) is 4.62. The van der Waals surface area contributed by atoms with Gasteiger partial charge in [-0.2, -0.15) is 0 Å². The number of anilines is 1. The highest BCUT2D eigenvalue weighted by atomic mass is 19.1. The normalized spacial score (nSPS) is 13.0. The highest BCUT2D eigenvalue weighted by Gasteiger charge is 2.23. The van der Waals surface area contributed by atoms with Crippen molar-refractivity contribution in [3.63, 3.8) is 0 Å². The number of benzene rings is 2. The highest BCUT2D eigenvalue weighted by Crippen LogP contribution is 2.20. The number of fused-ring (bicyclic) bond motifs is 1. The van der Waals surface area contributed by atoms with E-state index in [0.29, 0.717) is 25.1 Å². The van der Waals surface area contributed by atoms with Gasteiger partial charge in [0.1, 0.15) is 11.6 Å². The van der Waals surface area contributed by atoms with Crippen molar-refractivity contribution in [2.45, 2.75) is 13.0 Å². The number of hydrogen-bond acceptors (Lipinski definition) is 4. The topological polar surface area (TPSA) is 75.2 Å². The van der Waals surface area contributed by atoms with Gasteiger partial charge in [-0.25, -0.2) is 18.7 Å². The Kier molecular flexibility index (Phi) is 4.99. The smallest absolute Gasteiger partial charge is 0.258 e. The van der Waals surface area contributed by atoms with Gasteiger partial charge in [-0.05, 0) is 42.5 Å². The first-order valence-corrected chi connectivity index (χ1v) is 8.96. The summed E-state index contributed by atoms with van der Waals surface area (Å²) < 4.78 is 26.3. The van der Waals surface area contributed by atoms with Crippen LogP contribution in [0.1, 0.15) is 32.0 Å². The summed E-state index contributed by atoms with van der Waals surface area (Å²) in [7, 11) is 0. The number of nitrogens with one attached hydrogen (secondary N) is 1. The maximum Gasteiger partial charge on any atom is 0.258 e. The van der Waals surface area contributed by atoms with Gasteiger partial charge in [0.2, 0.25) is 5.95 Å². The summed E-state index contributed by atoms with van der Waals surface area (Å²) in [4.78, 5) is 34.9. The van der Waals surface area contributed by atoms with Crippen LogP contribution in [0.5, 0.6) is 0 Å². The molecule has 2 amide bonds. The average Bonchev–Trinajstić information content (AvgIpc) is 2.73. The second-order valence-corrected chi connectivity index (χ2v) is 6.61. The van der Waals surface area contributed by atoms with Gasteiger partial charge in [0.15, 0.2) is 0 Å². The second kappa shape index (κ2) is 7.75. The van der Waals surface area contributed by atoms with Crippen LogP contribution in [0, 0.1) is 11.6 Å². The van der Waals surface area contributed by atoms with Crippen LogP contribution in [0.2, 0.25) is 0 Å². The Morgan fingerprint density at radius 2 is 1.79 bits per heavy atom. The number of halogens is 2. The highest BCUT2D eigenvalue weighted by molar-refractivity contribution is 6.03. The molecule has 2 aromatic carbocycles. The SMILES string of the molecule is O=C(Nc1ncc2c(n1)CCN(C(=O)c1ccc(F)cc1)C2)c1cccc(F)c1. The molecule has 1 aliphatic rings. The van der Waals surface area contributed by atoms with Gasteiger partial charge >= 0.3 is 0 Å². The van der Waals surface area contributed by atoms with E-state index in [1.165, 1.54) is 42.5 Å². The predicted molar refractivity (Wildman–Crippen MR) is 101 cm³/mol. The minimum absolute atomic E-state index is 0.122. The van der Waals surface area contributed by atoms with Gasteiger partial charge in [0, 0.05) is 42.4 Å². The Balaban J connectivity index is 1.46. The van der Waals surface area contributed by atoms with Gasteiger partial charge in [-0.15, -0.1) is 0 Å². The van der Waals surface area contributed by atoms with Crippen molar-refractivity contribution in [3.05, 3.63) is 88.7 Å². The molecular formula is C21H16F2N4O2. The monoisotopic (exact) mass is 394 g/mol. The van der Waals surface area contributed by atoms with Crippen LogP contribution in [0.4, 0.5) is 14.7 Å². The summed E-state index contributed by atoms with van der Waals surface area (Å²) in [6, 6.07) is 10.7. The van der Waals surface area contributed by atoms with Crippen LogP contribution in [-0.4, -0.2) is 33.2 Å². The van der Waals surface area contributed by atoms with E-state index in [4.69, 9.17) is 0 Å². The first-order valence-electron chi connectivity index (χ1n) is 8.96. The molecule has 0 fully saturated rings.